The lowest BCUT2D eigenvalue weighted by Gasteiger charge is -2.09. The van der Waals surface area contributed by atoms with E-state index in [9.17, 15) is 9.90 Å². The highest BCUT2D eigenvalue weighted by atomic mass is 16.5. The van der Waals surface area contributed by atoms with Crippen LogP contribution in [0.2, 0.25) is 0 Å². The Bertz CT molecular complexity index is 588. The van der Waals surface area contributed by atoms with Crippen molar-refractivity contribution in [2.75, 3.05) is 11.9 Å². The Morgan fingerprint density at radius 3 is 2.33 bits per heavy atom. The quantitative estimate of drug-likeness (QED) is 0.887. The monoisotopic (exact) mass is 285 g/mol. The van der Waals surface area contributed by atoms with Crippen LogP contribution in [-0.2, 0) is 4.79 Å². The van der Waals surface area contributed by atoms with Crippen LogP contribution in [-0.4, -0.2) is 17.6 Å². The van der Waals surface area contributed by atoms with Crippen molar-refractivity contribution in [3.8, 4) is 5.75 Å². The number of carbonyl (C=O) groups is 1. The molecule has 0 saturated heterocycles. The van der Waals surface area contributed by atoms with Crippen LogP contribution in [0.15, 0.2) is 48.5 Å². The van der Waals surface area contributed by atoms with Gasteiger partial charge in [0.2, 0.25) is 0 Å². The Hall–Kier alpha value is -2.33. The maximum atomic E-state index is 11.8. The number of ether oxygens (including phenoxy) is 1. The summed E-state index contributed by atoms with van der Waals surface area (Å²) in [7, 11) is 0. The zero-order valence-corrected chi connectivity index (χ0v) is 12.2. The van der Waals surface area contributed by atoms with E-state index < -0.39 is 6.10 Å². The summed E-state index contributed by atoms with van der Waals surface area (Å²) >= 11 is 0. The molecule has 0 aromatic heterocycles. The molecule has 0 aliphatic heterocycles. The van der Waals surface area contributed by atoms with Crippen molar-refractivity contribution in [3.63, 3.8) is 0 Å². The number of amides is 1. The number of aryl methyl sites for hydroxylation is 1. The number of carbonyl (C=O) groups excluding carboxylic acids is 1. The molecule has 4 heteroatoms. The highest BCUT2D eigenvalue weighted by molar-refractivity contribution is 5.91. The molecule has 4 nitrogen and oxygen atoms in total. The molecule has 2 aromatic carbocycles. The van der Waals surface area contributed by atoms with Crippen LogP contribution in [0.25, 0.3) is 0 Å². The standard InChI is InChI=1S/C17H19NO3/c1-12-3-9-16(10-4-12)21-11-17(20)18-15-7-5-14(6-8-15)13(2)19/h3-10,13,19H,11H2,1-2H3,(H,18,20). The van der Waals surface area contributed by atoms with Crippen LogP contribution >= 0.6 is 0 Å². The van der Waals surface area contributed by atoms with Crippen molar-refractivity contribution in [3.05, 3.63) is 59.7 Å². The molecule has 2 rings (SSSR count). The minimum absolute atomic E-state index is 0.0405. The molecular formula is C17H19NO3. The summed E-state index contributed by atoms with van der Waals surface area (Å²) < 4.78 is 5.40. The van der Waals surface area contributed by atoms with E-state index in [0.29, 0.717) is 11.4 Å². The third kappa shape index (κ3) is 4.61. The first kappa shape index (κ1) is 15.1. The number of aliphatic hydroxyl groups is 1. The predicted molar refractivity (Wildman–Crippen MR) is 82.4 cm³/mol. The van der Waals surface area contributed by atoms with Gasteiger partial charge < -0.3 is 15.2 Å². The molecule has 0 bridgehead atoms. The minimum atomic E-state index is -0.514. The largest absolute Gasteiger partial charge is 0.484 e. The van der Waals surface area contributed by atoms with Gasteiger partial charge in [-0.3, -0.25) is 4.79 Å². The SMILES string of the molecule is Cc1ccc(OCC(=O)Nc2ccc(C(C)O)cc2)cc1. The van der Waals surface area contributed by atoms with Gasteiger partial charge in [-0.15, -0.1) is 0 Å². The van der Waals surface area contributed by atoms with Crippen LogP contribution < -0.4 is 10.1 Å². The molecule has 0 aliphatic rings. The molecule has 110 valence electrons. The maximum Gasteiger partial charge on any atom is 0.262 e. The fourth-order valence-electron chi connectivity index (χ4n) is 1.83. The number of aliphatic hydroxyl groups excluding tert-OH is 1. The smallest absolute Gasteiger partial charge is 0.262 e. The number of anilines is 1. The van der Waals surface area contributed by atoms with Crippen molar-refractivity contribution in [1.29, 1.82) is 0 Å². The Labute approximate surface area is 124 Å². The summed E-state index contributed by atoms with van der Waals surface area (Å²) in [5.41, 5.74) is 2.63. The molecule has 0 spiro atoms. The number of hydrogen-bond donors (Lipinski definition) is 2. The van der Waals surface area contributed by atoms with Gasteiger partial charge in [0.15, 0.2) is 6.61 Å². The Morgan fingerprint density at radius 2 is 1.76 bits per heavy atom. The van der Waals surface area contributed by atoms with Crippen molar-refractivity contribution < 1.29 is 14.6 Å². The van der Waals surface area contributed by atoms with E-state index in [0.717, 1.165) is 11.1 Å². The first-order valence-corrected chi connectivity index (χ1v) is 6.82. The average molecular weight is 285 g/mol. The van der Waals surface area contributed by atoms with E-state index in [4.69, 9.17) is 4.74 Å². The van der Waals surface area contributed by atoms with E-state index in [1.807, 2.05) is 31.2 Å². The minimum Gasteiger partial charge on any atom is -0.484 e. The van der Waals surface area contributed by atoms with Gasteiger partial charge in [0.1, 0.15) is 5.75 Å². The molecule has 0 radical (unpaired) electrons. The van der Waals surface area contributed by atoms with E-state index in [-0.39, 0.29) is 12.5 Å². The molecule has 0 aliphatic carbocycles. The fourth-order valence-corrected chi connectivity index (χ4v) is 1.83. The van der Waals surface area contributed by atoms with Gasteiger partial charge in [0, 0.05) is 5.69 Å². The van der Waals surface area contributed by atoms with Crippen molar-refractivity contribution in [2.45, 2.75) is 20.0 Å². The van der Waals surface area contributed by atoms with Crippen LogP contribution in [0.1, 0.15) is 24.2 Å². The summed E-state index contributed by atoms with van der Waals surface area (Å²) in [6.07, 6.45) is -0.514. The summed E-state index contributed by atoms with van der Waals surface area (Å²) in [5.74, 6) is 0.445. The van der Waals surface area contributed by atoms with Gasteiger partial charge in [-0.2, -0.15) is 0 Å². The third-order valence-corrected chi connectivity index (χ3v) is 3.07. The number of benzene rings is 2. The second kappa shape index (κ2) is 6.90. The summed E-state index contributed by atoms with van der Waals surface area (Å²) in [5, 5.41) is 12.2. The van der Waals surface area contributed by atoms with Crippen molar-refractivity contribution >= 4 is 11.6 Å². The molecule has 1 unspecified atom stereocenters. The molecule has 2 N–H and O–H groups in total. The van der Waals surface area contributed by atoms with E-state index in [1.54, 1.807) is 31.2 Å². The van der Waals surface area contributed by atoms with Crippen molar-refractivity contribution in [1.82, 2.24) is 0 Å². The lowest BCUT2D eigenvalue weighted by atomic mass is 10.1. The molecule has 1 amide bonds. The zero-order valence-electron chi connectivity index (χ0n) is 12.2. The highest BCUT2D eigenvalue weighted by Crippen LogP contribution is 2.16. The molecule has 21 heavy (non-hydrogen) atoms. The summed E-state index contributed by atoms with van der Waals surface area (Å²) in [6, 6.07) is 14.6. The van der Waals surface area contributed by atoms with Crippen LogP contribution in [0.5, 0.6) is 5.75 Å². The van der Waals surface area contributed by atoms with Crippen molar-refractivity contribution in [2.24, 2.45) is 0 Å². The zero-order chi connectivity index (χ0) is 15.2. The third-order valence-electron chi connectivity index (χ3n) is 3.07. The van der Waals surface area contributed by atoms with E-state index >= 15 is 0 Å². The molecular weight excluding hydrogens is 266 g/mol. The van der Waals surface area contributed by atoms with Gasteiger partial charge in [0.25, 0.3) is 5.91 Å². The average Bonchev–Trinajstić information content (AvgIpc) is 2.47. The molecule has 0 saturated carbocycles. The van der Waals surface area contributed by atoms with Gasteiger partial charge >= 0.3 is 0 Å². The Balaban J connectivity index is 1.85. The predicted octanol–water partition coefficient (Wildman–Crippen LogP) is 3.07. The van der Waals surface area contributed by atoms with Crippen LogP contribution in [0.3, 0.4) is 0 Å². The highest BCUT2D eigenvalue weighted by Gasteiger charge is 2.05. The van der Waals surface area contributed by atoms with Gasteiger partial charge in [0.05, 0.1) is 6.10 Å². The topological polar surface area (TPSA) is 58.6 Å². The number of hydrogen-bond acceptors (Lipinski definition) is 3. The molecule has 1 atom stereocenters. The molecule has 0 heterocycles. The second-order valence-electron chi connectivity index (χ2n) is 4.95. The Kier molecular flexibility index (Phi) is 4.95. The van der Waals surface area contributed by atoms with Gasteiger partial charge in [-0.1, -0.05) is 29.8 Å². The van der Waals surface area contributed by atoms with E-state index in [2.05, 4.69) is 5.32 Å². The number of rotatable bonds is 5. The van der Waals surface area contributed by atoms with Gasteiger partial charge in [-0.05, 0) is 43.7 Å². The molecule has 0 fully saturated rings. The summed E-state index contributed by atoms with van der Waals surface area (Å²) in [6.45, 7) is 3.65. The first-order chi connectivity index (χ1) is 10.0. The molecule has 2 aromatic rings. The summed E-state index contributed by atoms with van der Waals surface area (Å²) in [4.78, 5) is 11.8. The lowest BCUT2D eigenvalue weighted by molar-refractivity contribution is -0.118. The van der Waals surface area contributed by atoms with Crippen LogP contribution in [0, 0.1) is 6.92 Å². The lowest BCUT2D eigenvalue weighted by Crippen LogP contribution is -2.20. The second-order valence-corrected chi connectivity index (χ2v) is 4.95. The maximum absolute atomic E-state index is 11.8. The first-order valence-electron chi connectivity index (χ1n) is 6.82. The Morgan fingerprint density at radius 1 is 1.14 bits per heavy atom. The van der Waals surface area contributed by atoms with Gasteiger partial charge in [-0.25, -0.2) is 0 Å². The normalized spacial score (nSPS) is 11.8. The number of nitrogens with one attached hydrogen (secondary N) is 1. The fraction of sp³-hybridized carbons (Fsp3) is 0.235. The van der Waals surface area contributed by atoms with E-state index in [1.165, 1.54) is 0 Å². The van der Waals surface area contributed by atoms with Crippen LogP contribution in [0.4, 0.5) is 5.69 Å².